The summed E-state index contributed by atoms with van der Waals surface area (Å²) >= 11 is 0. The van der Waals surface area contributed by atoms with Crippen molar-refractivity contribution in [3.8, 4) is 5.75 Å². The van der Waals surface area contributed by atoms with Gasteiger partial charge in [-0.25, -0.2) is 9.59 Å². The molecular formula is C15H20N2O4. The van der Waals surface area contributed by atoms with E-state index in [0.29, 0.717) is 25.3 Å². The Morgan fingerprint density at radius 1 is 1.43 bits per heavy atom. The number of urea groups is 1. The molecule has 1 aromatic carbocycles. The van der Waals surface area contributed by atoms with E-state index < -0.39 is 12.0 Å². The van der Waals surface area contributed by atoms with E-state index in [4.69, 9.17) is 4.74 Å². The summed E-state index contributed by atoms with van der Waals surface area (Å²) in [7, 11) is 1.57. The van der Waals surface area contributed by atoms with Gasteiger partial charge in [-0.15, -0.1) is 0 Å². The quantitative estimate of drug-likeness (QED) is 0.885. The van der Waals surface area contributed by atoms with Gasteiger partial charge in [0.25, 0.3) is 0 Å². The highest BCUT2D eigenvalue weighted by Crippen LogP contribution is 2.24. The van der Waals surface area contributed by atoms with Crippen molar-refractivity contribution in [3.63, 3.8) is 0 Å². The van der Waals surface area contributed by atoms with Crippen molar-refractivity contribution in [1.29, 1.82) is 0 Å². The number of hydrogen-bond acceptors (Lipinski definition) is 3. The normalized spacial score (nSPS) is 21.1. The van der Waals surface area contributed by atoms with Crippen LogP contribution in [0.3, 0.4) is 0 Å². The van der Waals surface area contributed by atoms with Gasteiger partial charge in [-0.2, -0.15) is 0 Å². The Bertz CT molecular complexity index is 532. The van der Waals surface area contributed by atoms with E-state index in [2.05, 4.69) is 5.32 Å². The number of amides is 2. The van der Waals surface area contributed by atoms with E-state index in [1.807, 2.05) is 31.2 Å². The van der Waals surface area contributed by atoms with Gasteiger partial charge in [-0.3, -0.25) is 0 Å². The maximum atomic E-state index is 12.2. The lowest BCUT2D eigenvalue weighted by Crippen LogP contribution is -2.47. The van der Waals surface area contributed by atoms with Crippen molar-refractivity contribution < 1.29 is 19.4 Å². The number of para-hydroxylation sites is 1. The molecule has 114 valence electrons. The van der Waals surface area contributed by atoms with Crippen LogP contribution >= 0.6 is 0 Å². The summed E-state index contributed by atoms with van der Waals surface area (Å²) in [6.07, 6.45) is 0.707. The number of carbonyl (C=O) groups is 2. The Labute approximate surface area is 123 Å². The van der Waals surface area contributed by atoms with Crippen LogP contribution in [0.1, 0.15) is 18.9 Å². The predicted molar refractivity (Wildman–Crippen MR) is 77.1 cm³/mol. The first-order valence-corrected chi connectivity index (χ1v) is 6.93. The van der Waals surface area contributed by atoms with Gasteiger partial charge in [0.05, 0.1) is 7.11 Å². The van der Waals surface area contributed by atoms with Gasteiger partial charge in [0.15, 0.2) is 0 Å². The van der Waals surface area contributed by atoms with Crippen LogP contribution in [0.15, 0.2) is 24.3 Å². The van der Waals surface area contributed by atoms with Crippen LogP contribution in [0.25, 0.3) is 0 Å². The molecule has 1 aliphatic heterocycles. The average molecular weight is 292 g/mol. The maximum absolute atomic E-state index is 12.2. The molecule has 2 N–H and O–H groups in total. The molecule has 0 spiro atoms. The number of nitrogens with one attached hydrogen (secondary N) is 1. The van der Waals surface area contributed by atoms with E-state index in [1.54, 1.807) is 7.11 Å². The van der Waals surface area contributed by atoms with Crippen LogP contribution in [0.4, 0.5) is 4.79 Å². The molecule has 2 unspecified atom stereocenters. The topological polar surface area (TPSA) is 78.9 Å². The molecule has 2 atom stereocenters. The molecule has 0 bridgehead atoms. The van der Waals surface area contributed by atoms with Gasteiger partial charge in [-0.1, -0.05) is 25.1 Å². The number of nitrogens with zero attached hydrogens (tertiary/aromatic N) is 1. The first kappa shape index (κ1) is 15.2. The zero-order chi connectivity index (χ0) is 15.4. The minimum Gasteiger partial charge on any atom is -0.496 e. The number of likely N-dealkylation sites (tertiary alicyclic amines) is 1. The van der Waals surface area contributed by atoms with Gasteiger partial charge in [0.1, 0.15) is 11.8 Å². The number of carboxylic acid groups (broad SMARTS) is 1. The molecule has 1 aliphatic rings. The number of carbonyl (C=O) groups excluding carboxylic acids is 1. The smallest absolute Gasteiger partial charge is 0.326 e. The number of methoxy groups -OCH3 is 1. The second-order valence-electron chi connectivity index (χ2n) is 5.21. The third-order valence-corrected chi connectivity index (χ3v) is 3.84. The van der Waals surface area contributed by atoms with Crippen LogP contribution in [-0.2, 0) is 11.3 Å². The Balaban J connectivity index is 2.00. The molecule has 1 heterocycles. The van der Waals surface area contributed by atoms with E-state index in [-0.39, 0.29) is 11.9 Å². The van der Waals surface area contributed by atoms with Crippen molar-refractivity contribution in [2.75, 3.05) is 13.7 Å². The lowest BCUT2D eigenvalue weighted by molar-refractivity contribution is -0.142. The lowest BCUT2D eigenvalue weighted by Gasteiger charge is -2.23. The summed E-state index contributed by atoms with van der Waals surface area (Å²) in [6, 6.07) is 6.30. The van der Waals surface area contributed by atoms with Crippen LogP contribution < -0.4 is 10.1 Å². The number of ether oxygens (including phenoxy) is 1. The second-order valence-corrected chi connectivity index (χ2v) is 5.21. The minimum absolute atomic E-state index is 0.0282. The van der Waals surface area contributed by atoms with E-state index in [0.717, 1.165) is 5.56 Å². The van der Waals surface area contributed by atoms with Crippen molar-refractivity contribution >= 4 is 12.0 Å². The fourth-order valence-corrected chi connectivity index (χ4v) is 2.67. The molecule has 21 heavy (non-hydrogen) atoms. The summed E-state index contributed by atoms with van der Waals surface area (Å²) < 4.78 is 5.22. The summed E-state index contributed by atoms with van der Waals surface area (Å²) in [5.41, 5.74) is 0.854. The highest BCUT2D eigenvalue weighted by atomic mass is 16.5. The fourth-order valence-electron chi connectivity index (χ4n) is 2.67. The Kier molecular flexibility index (Phi) is 4.67. The van der Waals surface area contributed by atoms with Crippen LogP contribution in [0, 0.1) is 5.92 Å². The minimum atomic E-state index is -0.951. The molecule has 0 radical (unpaired) electrons. The lowest BCUT2D eigenvalue weighted by atomic mass is 10.0. The van der Waals surface area contributed by atoms with Crippen LogP contribution in [-0.4, -0.2) is 41.7 Å². The first-order chi connectivity index (χ1) is 10.0. The molecule has 0 aliphatic carbocycles. The molecule has 1 saturated heterocycles. The van der Waals surface area contributed by atoms with Gasteiger partial charge in [-0.05, 0) is 18.4 Å². The van der Waals surface area contributed by atoms with Gasteiger partial charge in [0, 0.05) is 18.7 Å². The first-order valence-electron chi connectivity index (χ1n) is 6.93. The third kappa shape index (κ3) is 3.26. The Hall–Kier alpha value is -2.24. The van der Waals surface area contributed by atoms with Crippen molar-refractivity contribution in [1.82, 2.24) is 10.2 Å². The van der Waals surface area contributed by atoms with Crippen molar-refractivity contribution in [3.05, 3.63) is 29.8 Å². The number of benzene rings is 1. The average Bonchev–Trinajstić information content (AvgIpc) is 2.87. The van der Waals surface area contributed by atoms with Crippen LogP contribution in [0.2, 0.25) is 0 Å². The Morgan fingerprint density at radius 3 is 2.81 bits per heavy atom. The van der Waals surface area contributed by atoms with E-state index in [9.17, 15) is 14.7 Å². The van der Waals surface area contributed by atoms with Crippen molar-refractivity contribution in [2.24, 2.45) is 5.92 Å². The highest BCUT2D eigenvalue weighted by molar-refractivity contribution is 5.83. The van der Waals surface area contributed by atoms with Crippen molar-refractivity contribution in [2.45, 2.75) is 25.9 Å². The predicted octanol–water partition coefficient (Wildman–Crippen LogP) is 1.70. The maximum Gasteiger partial charge on any atom is 0.326 e. The fraction of sp³-hybridized carbons (Fsp3) is 0.467. The third-order valence-electron chi connectivity index (χ3n) is 3.84. The number of carboxylic acids is 1. The standard InChI is InChI=1S/C15H20N2O4/c1-10-7-8-17(13(10)14(18)19)15(20)16-9-11-5-3-4-6-12(11)21-2/h3-6,10,13H,7-9H2,1-2H3,(H,16,20)(H,18,19). The number of aliphatic carboxylic acids is 1. The molecule has 0 aromatic heterocycles. The number of rotatable bonds is 4. The molecule has 2 amide bonds. The van der Waals surface area contributed by atoms with Gasteiger partial charge < -0.3 is 20.1 Å². The molecule has 1 fully saturated rings. The molecule has 1 aromatic rings. The molecule has 0 saturated carbocycles. The number of hydrogen-bond donors (Lipinski definition) is 2. The molecule has 6 heteroatoms. The zero-order valence-electron chi connectivity index (χ0n) is 12.2. The van der Waals surface area contributed by atoms with Crippen LogP contribution in [0.5, 0.6) is 5.75 Å². The monoisotopic (exact) mass is 292 g/mol. The van der Waals surface area contributed by atoms with E-state index >= 15 is 0 Å². The second kappa shape index (κ2) is 6.47. The summed E-state index contributed by atoms with van der Waals surface area (Å²) in [5, 5.41) is 12.0. The Morgan fingerprint density at radius 2 is 2.14 bits per heavy atom. The summed E-state index contributed by atoms with van der Waals surface area (Å²) in [5.74, 6) is -0.283. The molecule has 6 nitrogen and oxygen atoms in total. The zero-order valence-corrected chi connectivity index (χ0v) is 12.2. The van der Waals surface area contributed by atoms with Gasteiger partial charge >= 0.3 is 12.0 Å². The molecule has 2 rings (SSSR count). The summed E-state index contributed by atoms with van der Waals surface area (Å²) in [4.78, 5) is 24.8. The van der Waals surface area contributed by atoms with E-state index in [1.165, 1.54) is 4.90 Å². The SMILES string of the molecule is COc1ccccc1CNC(=O)N1CCC(C)C1C(=O)O. The highest BCUT2D eigenvalue weighted by Gasteiger charge is 2.39. The van der Waals surface area contributed by atoms with Gasteiger partial charge in [0.2, 0.25) is 0 Å². The summed E-state index contributed by atoms with van der Waals surface area (Å²) in [6.45, 7) is 2.63. The largest absolute Gasteiger partial charge is 0.496 e. The molecular weight excluding hydrogens is 272 g/mol.